The third-order valence-corrected chi connectivity index (χ3v) is 7.70. The maximum atomic E-state index is 12.7. The molecule has 1 aromatic carbocycles. The molecule has 1 aliphatic heterocycles. The monoisotopic (exact) mass is 506 g/mol. The molecule has 5 amide bonds. The number of nitrogens with zero attached hydrogens (tertiary/aromatic N) is 1. The fourth-order valence-electron chi connectivity index (χ4n) is 4.06. The number of urea groups is 1. The van der Waals surface area contributed by atoms with Crippen molar-refractivity contribution in [3.63, 3.8) is 0 Å². The van der Waals surface area contributed by atoms with Gasteiger partial charge < -0.3 is 15.4 Å². The first-order chi connectivity index (χ1) is 16.2. The summed E-state index contributed by atoms with van der Waals surface area (Å²) in [6.07, 6.45) is 2.60. The molecule has 3 N–H and O–H groups in total. The zero-order valence-corrected chi connectivity index (χ0v) is 19.9. The largest absolute Gasteiger partial charge is 0.454 e. The van der Waals surface area contributed by atoms with E-state index in [2.05, 4.69) is 23.0 Å². The number of imide groups is 1. The van der Waals surface area contributed by atoms with Gasteiger partial charge in [-0.2, -0.15) is 5.01 Å². The van der Waals surface area contributed by atoms with Crippen LogP contribution < -0.4 is 16.1 Å². The highest BCUT2D eigenvalue weighted by atomic mass is 35.5. The number of halogens is 1. The summed E-state index contributed by atoms with van der Waals surface area (Å²) in [5, 5.41) is 6.76. The number of rotatable bonds is 6. The second-order valence-electron chi connectivity index (χ2n) is 8.46. The van der Waals surface area contributed by atoms with Crippen molar-refractivity contribution >= 4 is 62.7 Å². The van der Waals surface area contributed by atoms with Crippen LogP contribution in [0.5, 0.6) is 0 Å². The summed E-state index contributed by atoms with van der Waals surface area (Å²) in [6.45, 7) is 0.877. The van der Waals surface area contributed by atoms with E-state index in [1.807, 2.05) is 12.1 Å². The SMILES string of the molecule is CC1CCC2(CC1)NC(=O)N(NC(=O)COC(=O)CNC(=O)c1sc3ccccc3c1Cl)C2=O. The Bertz CT molecular complexity index is 1170. The first kappa shape index (κ1) is 24.0. The summed E-state index contributed by atoms with van der Waals surface area (Å²) in [4.78, 5) is 61.8. The summed E-state index contributed by atoms with van der Waals surface area (Å²) < 4.78 is 5.68. The Labute approximate surface area is 203 Å². The molecule has 2 fully saturated rings. The number of carbonyl (C=O) groups excluding carboxylic acids is 5. The molecule has 0 bridgehead atoms. The van der Waals surface area contributed by atoms with Crippen molar-refractivity contribution in [2.24, 2.45) is 5.92 Å². The number of ether oxygens (including phenoxy) is 1. The van der Waals surface area contributed by atoms with E-state index >= 15 is 0 Å². The Morgan fingerprint density at radius 3 is 2.65 bits per heavy atom. The van der Waals surface area contributed by atoms with Crippen molar-refractivity contribution in [3.05, 3.63) is 34.2 Å². The molecule has 1 aromatic heterocycles. The number of hydrazine groups is 1. The summed E-state index contributed by atoms with van der Waals surface area (Å²) in [6, 6.07) is 6.54. The number of fused-ring (bicyclic) bond motifs is 1. The average Bonchev–Trinajstić information content (AvgIpc) is 3.27. The average molecular weight is 507 g/mol. The van der Waals surface area contributed by atoms with Crippen LogP contribution in [-0.2, 0) is 19.1 Å². The molecule has 34 heavy (non-hydrogen) atoms. The van der Waals surface area contributed by atoms with Gasteiger partial charge in [0.1, 0.15) is 17.0 Å². The zero-order valence-electron chi connectivity index (χ0n) is 18.3. The van der Waals surface area contributed by atoms with Gasteiger partial charge in [-0.3, -0.25) is 24.6 Å². The first-order valence-electron chi connectivity index (χ1n) is 10.8. The van der Waals surface area contributed by atoms with Crippen LogP contribution in [0.15, 0.2) is 24.3 Å². The van der Waals surface area contributed by atoms with Crippen LogP contribution in [-0.4, -0.2) is 53.4 Å². The molecule has 12 heteroatoms. The first-order valence-corrected chi connectivity index (χ1v) is 12.0. The van der Waals surface area contributed by atoms with E-state index in [9.17, 15) is 24.0 Å². The molecule has 180 valence electrons. The quantitative estimate of drug-likeness (QED) is 0.407. The number of amides is 5. The lowest BCUT2D eigenvalue weighted by Crippen LogP contribution is -2.52. The predicted molar refractivity (Wildman–Crippen MR) is 124 cm³/mol. The number of thiophene rings is 1. The number of hydrogen-bond acceptors (Lipinski definition) is 7. The number of hydrogen-bond donors (Lipinski definition) is 3. The van der Waals surface area contributed by atoms with Crippen LogP contribution in [0.25, 0.3) is 10.1 Å². The molecule has 0 radical (unpaired) electrons. The lowest BCUT2D eigenvalue weighted by molar-refractivity contribution is -0.150. The minimum absolute atomic E-state index is 0.262. The molecule has 0 atom stereocenters. The van der Waals surface area contributed by atoms with Crippen molar-refractivity contribution < 1.29 is 28.7 Å². The molecule has 10 nitrogen and oxygen atoms in total. The molecule has 1 spiro atoms. The van der Waals surface area contributed by atoms with Gasteiger partial charge in [-0.15, -0.1) is 11.3 Å². The summed E-state index contributed by atoms with van der Waals surface area (Å²) in [5.74, 6) is -2.31. The highest BCUT2D eigenvalue weighted by Gasteiger charge is 2.52. The molecule has 4 rings (SSSR count). The molecule has 1 aliphatic carbocycles. The second kappa shape index (κ2) is 9.59. The highest BCUT2D eigenvalue weighted by Crippen LogP contribution is 2.36. The summed E-state index contributed by atoms with van der Waals surface area (Å²) in [7, 11) is 0. The van der Waals surface area contributed by atoms with Gasteiger partial charge in [0.2, 0.25) is 0 Å². The molecule has 2 aromatic rings. The number of benzene rings is 1. The molecule has 1 saturated carbocycles. The van der Waals surface area contributed by atoms with Crippen molar-refractivity contribution in [1.82, 2.24) is 21.1 Å². The third kappa shape index (κ3) is 4.71. The van der Waals surface area contributed by atoms with Crippen molar-refractivity contribution in [1.29, 1.82) is 0 Å². The second-order valence-corrected chi connectivity index (χ2v) is 9.89. The van der Waals surface area contributed by atoms with E-state index in [0.29, 0.717) is 28.8 Å². The standard InChI is InChI=1S/C22H23ClN4O6S/c1-12-6-8-22(9-7-12)20(31)27(21(32)25-22)26-15(28)11-33-16(29)10-24-19(30)18-17(23)13-4-2-3-5-14(13)34-18/h2-5,12H,6-11H2,1H3,(H,24,30)(H,25,32)(H,26,28). The summed E-state index contributed by atoms with van der Waals surface area (Å²) >= 11 is 7.45. The molecular weight excluding hydrogens is 484 g/mol. The van der Waals surface area contributed by atoms with Crippen LogP contribution in [0.1, 0.15) is 42.3 Å². The van der Waals surface area contributed by atoms with E-state index in [0.717, 1.165) is 22.9 Å². The van der Waals surface area contributed by atoms with Gasteiger partial charge in [-0.1, -0.05) is 36.7 Å². The van der Waals surface area contributed by atoms with Crippen molar-refractivity contribution in [2.75, 3.05) is 13.2 Å². The normalized spacial score (nSPS) is 22.1. The van der Waals surface area contributed by atoms with Crippen molar-refractivity contribution in [2.45, 2.75) is 38.1 Å². The number of carbonyl (C=O) groups is 5. The molecule has 1 saturated heterocycles. The third-order valence-electron chi connectivity index (χ3n) is 6.02. The van der Waals surface area contributed by atoms with Gasteiger partial charge in [-0.25, -0.2) is 4.79 Å². The lowest BCUT2D eigenvalue weighted by atomic mass is 9.77. The molecule has 2 heterocycles. The minimum atomic E-state index is -0.994. The van der Waals surface area contributed by atoms with E-state index in [1.54, 1.807) is 12.1 Å². The molecular formula is C22H23ClN4O6S. The van der Waals surface area contributed by atoms with Gasteiger partial charge in [0.05, 0.1) is 5.02 Å². The van der Waals surface area contributed by atoms with E-state index in [-0.39, 0.29) is 4.88 Å². The Kier molecular flexibility index (Phi) is 6.76. The van der Waals surface area contributed by atoms with Crippen molar-refractivity contribution in [3.8, 4) is 0 Å². The smallest absolute Gasteiger partial charge is 0.344 e. The maximum Gasteiger partial charge on any atom is 0.344 e. The number of esters is 1. The Hall–Kier alpha value is -3.18. The van der Waals surface area contributed by atoms with E-state index in [4.69, 9.17) is 16.3 Å². The van der Waals surface area contributed by atoms with Crippen LogP contribution in [0.4, 0.5) is 4.79 Å². The van der Waals surface area contributed by atoms with Gasteiger partial charge in [0.15, 0.2) is 6.61 Å². The van der Waals surface area contributed by atoms with E-state index in [1.165, 1.54) is 11.3 Å². The Morgan fingerprint density at radius 2 is 1.94 bits per heavy atom. The maximum absolute atomic E-state index is 12.7. The lowest BCUT2D eigenvalue weighted by Gasteiger charge is -2.33. The highest BCUT2D eigenvalue weighted by molar-refractivity contribution is 7.21. The van der Waals surface area contributed by atoms with Gasteiger partial charge >= 0.3 is 12.0 Å². The van der Waals surface area contributed by atoms with Crippen LogP contribution in [0, 0.1) is 5.92 Å². The Morgan fingerprint density at radius 1 is 1.24 bits per heavy atom. The van der Waals surface area contributed by atoms with Gasteiger partial charge in [0, 0.05) is 10.1 Å². The zero-order chi connectivity index (χ0) is 24.5. The van der Waals surface area contributed by atoms with Crippen LogP contribution in [0.2, 0.25) is 5.02 Å². The summed E-state index contributed by atoms with van der Waals surface area (Å²) in [5.41, 5.74) is 1.19. The Balaban J connectivity index is 1.24. The number of nitrogens with one attached hydrogen (secondary N) is 3. The van der Waals surface area contributed by atoms with Crippen LogP contribution >= 0.6 is 22.9 Å². The fraction of sp³-hybridized carbons (Fsp3) is 0.409. The fourth-order valence-corrected chi connectivity index (χ4v) is 5.50. The van der Waals surface area contributed by atoms with Crippen LogP contribution in [0.3, 0.4) is 0 Å². The molecule has 0 unspecified atom stereocenters. The topological polar surface area (TPSA) is 134 Å². The van der Waals surface area contributed by atoms with Gasteiger partial charge in [0.25, 0.3) is 17.7 Å². The van der Waals surface area contributed by atoms with Gasteiger partial charge in [-0.05, 0) is 37.7 Å². The minimum Gasteiger partial charge on any atom is -0.454 e. The van der Waals surface area contributed by atoms with E-state index < -0.39 is 48.4 Å². The predicted octanol–water partition coefficient (Wildman–Crippen LogP) is 2.36. The molecule has 2 aliphatic rings.